The van der Waals surface area contributed by atoms with E-state index in [1.165, 1.54) is 11.1 Å². The molecule has 1 aromatic carbocycles. The Kier molecular flexibility index (Phi) is 3.30. The van der Waals surface area contributed by atoms with Gasteiger partial charge in [-0.2, -0.15) is 0 Å². The third kappa shape index (κ3) is 2.11. The lowest BCUT2D eigenvalue weighted by Crippen LogP contribution is -1.98. The number of aromatic nitrogens is 2. The summed E-state index contributed by atoms with van der Waals surface area (Å²) in [5, 5.41) is 0. The Morgan fingerprint density at radius 2 is 1.94 bits per heavy atom. The average Bonchev–Trinajstić information content (AvgIpc) is 2.39. The van der Waals surface area contributed by atoms with E-state index in [4.69, 9.17) is 0 Å². The second-order valence-electron chi connectivity index (χ2n) is 4.00. The Morgan fingerprint density at radius 3 is 2.62 bits per heavy atom. The average molecular weight is 212 g/mol. The highest BCUT2D eigenvalue weighted by atomic mass is 14.8. The Morgan fingerprint density at radius 1 is 1.19 bits per heavy atom. The molecule has 2 heteroatoms. The van der Waals surface area contributed by atoms with Gasteiger partial charge in [0.25, 0.3) is 0 Å². The summed E-state index contributed by atoms with van der Waals surface area (Å²) in [7, 11) is 0. The molecule has 0 amide bonds. The van der Waals surface area contributed by atoms with E-state index >= 15 is 0 Å². The molecule has 0 saturated carbocycles. The fourth-order valence-corrected chi connectivity index (χ4v) is 1.76. The van der Waals surface area contributed by atoms with Gasteiger partial charge in [-0.05, 0) is 17.9 Å². The summed E-state index contributed by atoms with van der Waals surface area (Å²) < 4.78 is 0. The molecule has 0 fully saturated rings. The summed E-state index contributed by atoms with van der Waals surface area (Å²) in [6, 6.07) is 10.3. The summed E-state index contributed by atoms with van der Waals surface area (Å²) in [5.41, 5.74) is 3.46. The zero-order valence-electron chi connectivity index (χ0n) is 9.72. The first-order valence-corrected chi connectivity index (χ1v) is 5.68. The van der Waals surface area contributed by atoms with Gasteiger partial charge in [0, 0.05) is 11.8 Å². The Balaban J connectivity index is 2.49. The molecule has 0 saturated heterocycles. The van der Waals surface area contributed by atoms with Gasteiger partial charge in [-0.1, -0.05) is 44.2 Å². The molecular weight excluding hydrogens is 196 g/mol. The number of hydrogen-bond acceptors (Lipinski definition) is 2. The van der Waals surface area contributed by atoms with Crippen LogP contribution in [-0.2, 0) is 0 Å². The lowest BCUT2D eigenvalue weighted by atomic mass is 9.95. The Hall–Kier alpha value is -1.70. The van der Waals surface area contributed by atoms with Crippen LogP contribution in [0.15, 0.2) is 42.9 Å². The molecule has 1 atom stereocenters. The van der Waals surface area contributed by atoms with Crippen molar-refractivity contribution < 1.29 is 0 Å². The van der Waals surface area contributed by atoms with E-state index in [0.717, 1.165) is 12.1 Å². The highest BCUT2D eigenvalue weighted by molar-refractivity contribution is 5.62. The van der Waals surface area contributed by atoms with E-state index in [1.807, 2.05) is 24.4 Å². The zero-order chi connectivity index (χ0) is 11.4. The van der Waals surface area contributed by atoms with E-state index in [0.29, 0.717) is 5.92 Å². The highest BCUT2D eigenvalue weighted by Gasteiger charge is 2.11. The van der Waals surface area contributed by atoms with Crippen molar-refractivity contribution in [3.63, 3.8) is 0 Å². The van der Waals surface area contributed by atoms with Crippen LogP contribution in [0.25, 0.3) is 11.3 Å². The Bertz CT molecular complexity index is 451. The quantitative estimate of drug-likeness (QED) is 0.776. The van der Waals surface area contributed by atoms with Gasteiger partial charge in [-0.15, -0.1) is 0 Å². The number of nitrogens with zero attached hydrogens (tertiary/aromatic N) is 2. The molecule has 0 N–H and O–H groups in total. The van der Waals surface area contributed by atoms with Crippen LogP contribution in [0.2, 0.25) is 0 Å². The second kappa shape index (κ2) is 4.88. The van der Waals surface area contributed by atoms with Crippen molar-refractivity contribution in [1.82, 2.24) is 9.97 Å². The molecule has 82 valence electrons. The second-order valence-corrected chi connectivity index (χ2v) is 4.00. The van der Waals surface area contributed by atoms with Crippen LogP contribution in [0.1, 0.15) is 31.7 Å². The number of rotatable bonds is 3. The number of hydrogen-bond donors (Lipinski definition) is 0. The summed E-state index contributed by atoms with van der Waals surface area (Å²) in [6.45, 7) is 4.40. The molecule has 16 heavy (non-hydrogen) atoms. The van der Waals surface area contributed by atoms with Crippen LogP contribution in [0.4, 0.5) is 0 Å². The zero-order valence-corrected chi connectivity index (χ0v) is 9.72. The van der Waals surface area contributed by atoms with Gasteiger partial charge in [0.05, 0.1) is 5.69 Å². The minimum Gasteiger partial charge on any atom is -0.244 e. The smallest absolute Gasteiger partial charge is 0.116 e. The van der Waals surface area contributed by atoms with Crippen molar-refractivity contribution in [2.45, 2.75) is 26.2 Å². The molecule has 1 unspecified atom stereocenters. The van der Waals surface area contributed by atoms with E-state index in [2.05, 4.69) is 35.9 Å². The van der Waals surface area contributed by atoms with Crippen LogP contribution < -0.4 is 0 Å². The molecule has 0 bridgehead atoms. The first-order valence-electron chi connectivity index (χ1n) is 5.68. The van der Waals surface area contributed by atoms with E-state index in [-0.39, 0.29) is 0 Å². The summed E-state index contributed by atoms with van der Waals surface area (Å²) >= 11 is 0. The van der Waals surface area contributed by atoms with Crippen molar-refractivity contribution >= 4 is 0 Å². The van der Waals surface area contributed by atoms with Crippen molar-refractivity contribution in [2.75, 3.05) is 0 Å². The predicted octanol–water partition coefficient (Wildman–Crippen LogP) is 3.66. The molecule has 0 aliphatic rings. The molecule has 0 radical (unpaired) electrons. The Labute approximate surface area is 96.4 Å². The van der Waals surface area contributed by atoms with Crippen molar-refractivity contribution in [3.8, 4) is 11.3 Å². The van der Waals surface area contributed by atoms with Crippen LogP contribution in [0.3, 0.4) is 0 Å². The molecular formula is C14H16N2. The van der Waals surface area contributed by atoms with Gasteiger partial charge < -0.3 is 0 Å². The summed E-state index contributed by atoms with van der Waals surface area (Å²) in [5.74, 6) is 0.497. The minimum absolute atomic E-state index is 0.497. The molecule has 0 aliphatic heterocycles. The monoisotopic (exact) mass is 212 g/mol. The maximum Gasteiger partial charge on any atom is 0.116 e. The third-order valence-corrected chi connectivity index (χ3v) is 2.93. The molecule has 2 aromatic rings. The molecule has 0 aliphatic carbocycles. The van der Waals surface area contributed by atoms with Crippen molar-refractivity contribution in [1.29, 1.82) is 0 Å². The molecule has 1 heterocycles. The van der Waals surface area contributed by atoms with E-state index in [1.54, 1.807) is 6.33 Å². The molecule has 2 nitrogen and oxygen atoms in total. The third-order valence-electron chi connectivity index (χ3n) is 2.93. The van der Waals surface area contributed by atoms with Crippen LogP contribution in [0, 0.1) is 0 Å². The van der Waals surface area contributed by atoms with Crippen molar-refractivity contribution in [2.24, 2.45) is 0 Å². The fourth-order valence-electron chi connectivity index (χ4n) is 1.76. The van der Waals surface area contributed by atoms with Crippen LogP contribution >= 0.6 is 0 Å². The summed E-state index contributed by atoms with van der Waals surface area (Å²) in [4.78, 5) is 8.54. The van der Waals surface area contributed by atoms with Crippen LogP contribution in [0.5, 0.6) is 0 Å². The molecule has 2 rings (SSSR count). The summed E-state index contributed by atoms with van der Waals surface area (Å²) in [6.07, 6.45) is 4.66. The first kappa shape index (κ1) is 10.8. The molecule has 1 aromatic heterocycles. The maximum atomic E-state index is 4.41. The first-order chi connectivity index (χ1) is 7.83. The topological polar surface area (TPSA) is 25.8 Å². The standard InChI is InChI=1S/C14H16N2/c1-3-11(2)13-9-15-10-16-14(13)12-7-5-4-6-8-12/h4-11H,3H2,1-2H3. The largest absolute Gasteiger partial charge is 0.244 e. The predicted molar refractivity (Wildman–Crippen MR) is 66.2 cm³/mol. The SMILES string of the molecule is CCC(C)c1cncnc1-c1ccccc1. The minimum atomic E-state index is 0.497. The maximum absolute atomic E-state index is 4.41. The van der Waals surface area contributed by atoms with Crippen LogP contribution in [-0.4, -0.2) is 9.97 Å². The van der Waals surface area contributed by atoms with E-state index in [9.17, 15) is 0 Å². The van der Waals surface area contributed by atoms with Gasteiger partial charge >= 0.3 is 0 Å². The van der Waals surface area contributed by atoms with Gasteiger partial charge in [0.15, 0.2) is 0 Å². The highest BCUT2D eigenvalue weighted by Crippen LogP contribution is 2.27. The molecule has 0 spiro atoms. The van der Waals surface area contributed by atoms with Gasteiger partial charge in [0.2, 0.25) is 0 Å². The van der Waals surface area contributed by atoms with Gasteiger partial charge in [-0.25, -0.2) is 9.97 Å². The lowest BCUT2D eigenvalue weighted by molar-refractivity contribution is 0.726. The van der Waals surface area contributed by atoms with Crippen molar-refractivity contribution in [3.05, 3.63) is 48.4 Å². The number of benzene rings is 1. The normalized spacial score (nSPS) is 12.4. The van der Waals surface area contributed by atoms with Gasteiger partial charge in [0.1, 0.15) is 6.33 Å². The van der Waals surface area contributed by atoms with E-state index < -0.39 is 0 Å². The van der Waals surface area contributed by atoms with Gasteiger partial charge in [-0.3, -0.25) is 0 Å². The lowest BCUT2D eigenvalue weighted by Gasteiger charge is -2.12. The fraction of sp³-hybridized carbons (Fsp3) is 0.286.